The molecule has 0 aliphatic rings. The molecule has 10 heteroatoms. The zero-order chi connectivity index (χ0) is 29.6. The van der Waals surface area contributed by atoms with Crippen LogP contribution in [0.2, 0.25) is 0 Å². The SMILES string of the molecule is CCCCCCCCCCCCCOCCCCCCCCCCCCC.O=C(O)CC(C(=O)O)S(=O)(=O)O.[NaH]. The summed E-state index contributed by atoms with van der Waals surface area (Å²) in [4.78, 5) is 20.0. The Morgan fingerprint density at radius 3 is 1.05 bits per heavy atom. The third kappa shape index (κ3) is 35.8. The van der Waals surface area contributed by atoms with Crippen molar-refractivity contribution < 1.29 is 37.5 Å². The van der Waals surface area contributed by atoms with Crippen LogP contribution in [-0.2, 0) is 24.4 Å². The molecule has 0 aromatic rings. The van der Waals surface area contributed by atoms with Crippen LogP contribution in [0.1, 0.15) is 162 Å². The predicted octanol–water partition coefficient (Wildman–Crippen LogP) is 7.78. The molecule has 1 unspecified atom stereocenters. The van der Waals surface area contributed by atoms with Crippen molar-refractivity contribution in [1.82, 2.24) is 0 Å². The van der Waals surface area contributed by atoms with Crippen molar-refractivity contribution in [3.05, 3.63) is 0 Å². The monoisotopic (exact) mass is 604 g/mol. The van der Waals surface area contributed by atoms with Crippen LogP contribution in [0.3, 0.4) is 0 Å². The molecule has 0 spiro atoms. The van der Waals surface area contributed by atoms with Crippen LogP contribution in [0, 0.1) is 0 Å². The van der Waals surface area contributed by atoms with Crippen LogP contribution in [0.25, 0.3) is 0 Å². The molecule has 8 nitrogen and oxygen atoms in total. The number of carboxylic acids is 2. The molecule has 0 radical (unpaired) electrons. The van der Waals surface area contributed by atoms with E-state index in [9.17, 15) is 18.0 Å². The average molecular weight is 605 g/mol. The number of ether oxygens (including phenoxy) is 1. The molecule has 1 atom stereocenters. The first kappa shape index (κ1) is 44.3. The Bertz CT molecular complexity index is 634. The molecule has 0 aromatic heterocycles. The van der Waals surface area contributed by atoms with Crippen molar-refractivity contribution in [3.63, 3.8) is 0 Å². The molecule has 40 heavy (non-hydrogen) atoms. The van der Waals surface area contributed by atoms with E-state index in [4.69, 9.17) is 19.5 Å². The van der Waals surface area contributed by atoms with Gasteiger partial charge in [-0.15, -0.1) is 0 Å². The van der Waals surface area contributed by atoms with Gasteiger partial charge in [-0.25, -0.2) is 0 Å². The summed E-state index contributed by atoms with van der Waals surface area (Å²) in [5.41, 5.74) is 0. The summed E-state index contributed by atoms with van der Waals surface area (Å²) in [6.45, 7) is 6.58. The van der Waals surface area contributed by atoms with E-state index >= 15 is 0 Å². The Morgan fingerprint density at radius 2 is 0.850 bits per heavy atom. The van der Waals surface area contributed by atoms with E-state index in [1.807, 2.05) is 0 Å². The molecule has 0 saturated carbocycles. The van der Waals surface area contributed by atoms with Crippen LogP contribution in [0.5, 0.6) is 0 Å². The second kappa shape index (κ2) is 33.3. The van der Waals surface area contributed by atoms with Crippen molar-refractivity contribution in [2.45, 2.75) is 167 Å². The fourth-order valence-corrected chi connectivity index (χ4v) is 4.93. The zero-order valence-electron chi connectivity index (χ0n) is 25.0. The molecule has 0 aromatic carbocycles. The van der Waals surface area contributed by atoms with Gasteiger partial charge in [-0.3, -0.25) is 14.1 Å². The molecule has 0 aliphatic heterocycles. The molecule has 0 heterocycles. The van der Waals surface area contributed by atoms with E-state index in [1.54, 1.807) is 0 Å². The fraction of sp³-hybridized carbons (Fsp3) is 0.933. The third-order valence-corrected chi connectivity index (χ3v) is 7.87. The fourth-order valence-electron chi connectivity index (χ4n) is 4.32. The van der Waals surface area contributed by atoms with Crippen LogP contribution in [0.15, 0.2) is 0 Å². The summed E-state index contributed by atoms with van der Waals surface area (Å²) in [5.74, 6) is -3.50. The Balaban J connectivity index is -0.000000885. The van der Waals surface area contributed by atoms with Crippen molar-refractivity contribution in [3.8, 4) is 0 Å². The number of unbranched alkanes of at least 4 members (excludes halogenated alkanes) is 20. The molecular weight excluding hydrogens is 543 g/mol. The molecule has 0 aliphatic carbocycles. The molecule has 0 saturated heterocycles. The van der Waals surface area contributed by atoms with E-state index in [0.717, 1.165) is 13.2 Å². The number of carboxylic acid groups (broad SMARTS) is 2. The second-order valence-corrected chi connectivity index (χ2v) is 12.2. The van der Waals surface area contributed by atoms with E-state index in [0.29, 0.717) is 0 Å². The molecule has 0 amide bonds. The first-order valence-corrected chi connectivity index (χ1v) is 17.2. The first-order valence-electron chi connectivity index (χ1n) is 15.6. The second-order valence-electron chi connectivity index (χ2n) is 10.6. The molecule has 236 valence electrons. The Hall–Kier alpha value is -0.190. The van der Waals surface area contributed by atoms with E-state index in [1.165, 1.54) is 141 Å². The van der Waals surface area contributed by atoms with Crippen molar-refractivity contribution in [2.75, 3.05) is 13.2 Å². The Morgan fingerprint density at radius 1 is 0.575 bits per heavy atom. The summed E-state index contributed by atoms with van der Waals surface area (Å²) in [5, 5.41) is 13.9. The topological polar surface area (TPSA) is 138 Å². The van der Waals surface area contributed by atoms with Crippen LogP contribution < -0.4 is 0 Å². The minimum absolute atomic E-state index is 0. The summed E-state index contributed by atoms with van der Waals surface area (Å²) >= 11 is 0. The Labute approximate surface area is 267 Å². The standard InChI is InChI=1S/C26H54O.C4H6O7S.Na.H/c1-3-5-7-9-11-13-15-17-19-21-23-25-27-26-24-22-20-18-16-14-12-10-8-6-4-2;5-3(6)1-2(4(7)8)12(9,10)11;;/h3-26H2,1-2H3;2H,1H2,(H,5,6)(H,7,8)(H,9,10,11);;. The zero-order valence-corrected chi connectivity index (χ0v) is 25.9. The van der Waals surface area contributed by atoms with Crippen LogP contribution in [-0.4, -0.2) is 83.1 Å². The summed E-state index contributed by atoms with van der Waals surface area (Å²) in [6.07, 6.45) is 30.0. The Kier molecular flexibility index (Phi) is 36.9. The molecule has 0 fully saturated rings. The normalized spacial score (nSPS) is 11.8. The number of aliphatic carboxylic acids is 2. The van der Waals surface area contributed by atoms with Gasteiger partial charge in [-0.05, 0) is 12.8 Å². The van der Waals surface area contributed by atoms with E-state index in [2.05, 4.69) is 13.8 Å². The van der Waals surface area contributed by atoms with Gasteiger partial charge in [0.1, 0.15) is 0 Å². The first-order chi connectivity index (χ1) is 18.7. The maximum absolute atomic E-state index is 10.2. The predicted molar refractivity (Wildman–Crippen MR) is 166 cm³/mol. The van der Waals surface area contributed by atoms with Gasteiger partial charge in [0.2, 0.25) is 0 Å². The van der Waals surface area contributed by atoms with Crippen molar-refractivity contribution in [2.24, 2.45) is 0 Å². The van der Waals surface area contributed by atoms with Gasteiger partial charge in [0, 0.05) is 13.2 Å². The van der Waals surface area contributed by atoms with E-state index in [-0.39, 0.29) is 29.6 Å². The average Bonchev–Trinajstić information content (AvgIpc) is 2.87. The van der Waals surface area contributed by atoms with Gasteiger partial charge in [0.15, 0.2) is 5.25 Å². The molecule has 3 N–H and O–H groups in total. The van der Waals surface area contributed by atoms with Crippen LogP contribution in [0.4, 0.5) is 0 Å². The number of hydrogen-bond donors (Lipinski definition) is 3. The van der Waals surface area contributed by atoms with Gasteiger partial charge in [0.05, 0.1) is 6.42 Å². The van der Waals surface area contributed by atoms with Gasteiger partial charge in [0.25, 0.3) is 10.1 Å². The number of carbonyl (C=O) groups is 2. The molecular formula is C30H61NaO8S. The van der Waals surface area contributed by atoms with Crippen molar-refractivity contribution in [1.29, 1.82) is 0 Å². The third-order valence-electron chi connectivity index (χ3n) is 6.78. The molecule has 0 rings (SSSR count). The van der Waals surface area contributed by atoms with Gasteiger partial charge < -0.3 is 14.9 Å². The quantitative estimate of drug-likeness (QED) is 0.0467. The maximum atomic E-state index is 10.2. The van der Waals surface area contributed by atoms with Crippen LogP contribution >= 0.6 is 0 Å². The van der Waals surface area contributed by atoms with Gasteiger partial charge >= 0.3 is 41.5 Å². The van der Waals surface area contributed by atoms with Gasteiger partial charge in [-0.2, -0.15) is 8.42 Å². The van der Waals surface area contributed by atoms with Crippen molar-refractivity contribution >= 4 is 51.6 Å². The van der Waals surface area contributed by atoms with Gasteiger partial charge in [-0.1, -0.05) is 142 Å². The summed E-state index contributed by atoms with van der Waals surface area (Å²) in [7, 11) is -4.84. The minimum atomic E-state index is -4.84. The summed E-state index contributed by atoms with van der Waals surface area (Å²) in [6, 6.07) is 0. The number of hydrogen-bond acceptors (Lipinski definition) is 5. The van der Waals surface area contributed by atoms with E-state index < -0.39 is 33.7 Å². The molecule has 0 bridgehead atoms. The summed E-state index contributed by atoms with van der Waals surface area (Å²) < 4.78 is 34.5. The number of rotatable bonds is 28.